The Labute approximate surface area is 79.2 Å². The second kappa shape index (κ2) is 3.45. The lowest BCUT2D eigenvalue weighted by Crippen LogP contribution is -2.44. The average Bonchev–Trinajstić information content (AvgIpc) is 2.52. The molecule has 0 bridgehead atoms. The second-order valence-corrected chi connectivity index (χ2v) is 3.30. The number of hydrogen-bond acceptors (Lipinski definition) is 1. The van der Waals surface area contributed by atoms with Crippen molar-refractivity contribution in [1.29, 1.82) is 0 Å². The number of alkyl halides is 6. The summed E-state index contributed by atoms with van der Waals surface area (Å²) in [6.07, 6.45) is -9.74. The van der Waals surface area contributed by atoms with Crippen LogP contribution in [0.5, 0.6) is 0 Å². The Hall–Kier alpha value is -0.720. The van der Waals surface area contributed by atoms with Crippen molar-refractivity contribution in [3.8, 4) is 0 Å². The summed E-state index contributed by atoms with van der Waals surface area (Å²) in [7, 11) is 0. The van der Waals surface area contributed by atoms with Crippen LogP contribution in [0.4, 0.5) is 26.3 Å². The van der Waals surface area contributed by atoms with Gasteiger partial charge in [-0.1, -0.05) is 0 Å². The minimum absolute atomic E-state index is 0.699. The molecule has 1 atom stereocenters. The Kier molecular flexibility index (Phi) is 2.80. The molecule has 1 aromatic rings. The van der Waals surface area contributed by atoms with E-state index >= 15 is 0 Å². The molecule has 1 heterocycles. The summed E-state index contributed by atoms with van der Waals surface area (Å²) in [6, 6.07) is 0.699. The Morgan fingerprint density at radius 3 is 2.00 bits per heavy atom. The highest BCUT2D eigenvalue weighted by Crippen LogP contribution is 2.47. The summed E-state index contributed by atoms with van der Waals surface area (Å²) in [5, 5.41) is 1.83. The number of rotatable bonds is 2. The van der Waals surface area contributed by atoms with E-state index in [1.54, 1.807) is 0 Å². The second-order valence-electron chi connectivity index (χ2n) is 2.52. The maximum absolute atomic E-state index is 13.1. The summed E-state index contributed by atoms with van der Waals surface area (Å²) < 4.78 is 73.4. The van der Waals surface area contributed by atoms with Gasteiger partial charge in [0.05, 0.1) is 0 Å². The fourth-order valence-corrected chi connectivity index (χ4v) is 1.59. The van der Waals surface area contributed by atoms with Crippen molar-refractivity contribution in [2.45, 2.75) is 18.3 Å². The first-order chi connectivity index (χ1) is 6.30. The van der Waals surface area contributed by atoms with Crippen LogP contribution in [0.15, 0.2) is 16.8 Å². The van der Waals surface area contributed by atoms with Crippen LogP contribution < -0.4 is 0 Å². The molecule has 0 spiro atoms. The van der Waals surface area contributed by atoms with Gasteiger partial charge in [0, 0.05) is 5.56 Å². The van der Waals surface area contributed by atoms with Crippen molar-refractivity contribution in [2.24, 2.45) is 0 Å². The van der Waals surface area contributed by atoms with Crippen molar-refractivity contribution in [3.05, 3.63) is 22.4 Å². The number of thiophene rings is 1. The van der Waals surface area contributed by atoms with Crippen LogP contribution in [0.25, 0.3) is 0 Å². The highest BCUT2D eigenvalue weighted by Gasteiger charge is 2.64. The largest absolute Gasteiger partial charge is 0.432 e. The number of halogens is 6. The first-order valence-corrected chi connectivity index (χ1v) is 4.31. The van der Waals surface area contributed by atoms with Gasteiger partial charge in [0.25, 0.3) is 12.1 Å². The fourth-order valence-electron chi connectivity index (χ4n) is 0.885. The van der Waals surface area contributed by atoms with Crippen molar-refractivity contribution in [2.75, 3.05) is 0 Å². The van der Waals surface area contributed by atoms with Gasteiger partial charge < -0.3 is 0 Å². The summed E-state index contributed by atoms with van der Waals surface area (Å²) in [5.74, 6) is 0. The van der Waals surface area contributed by atoms with Gasteiger partial charge in [-0.25, -0.2) is 13.2 Å². The Morgan fingerprint density at radius 2 is 1.71 bits per heavy atom. The molecular formula is C7H4F6S. The minimum Gasteiger partial charge on any atom is -0.222 e. The molecule has 0 amide bonds. The van der Waals surface area contributed by atoms with Gasteiger partial charge in [-0.05, 0) is 16.8 Å². The van der Waals surface area contributed by atoms with Crippen molar-refractivity contribution < 1.29 is 26.3 Å². The zero-order chi connectivity index (χ0) is 11.0. The molecule has 1 rings (SSSR count). The lowest BCUT2D eigenvalue weighted by atomic mass is 9.99. The first-order valence-electron chi connectivity index (χ1n) is 3.36. The highest BCUT2D eigenvalue weighted by atomic mass is 32.1. The van der Waals surface area contributed by atoms with E-state index in [0.717, 1.165) is 22.1 Å². The van der Waals surface area contributed by atoms with E-state index in [4.69, 9.17) is 0 Å². The molecule has 0 radical (unpaired) electrons. The topological polar surface area (TPSA) is 0 Å². The monoisotopic (exact) mass is 234 g/mol. The molecule has 7 heteroatoms. The van der Waals surface area contributed by atoms with Crippen LogP contribution in [0.3, 0.4) is 0 Å². The lowest BCUT2D eigenvalue weighted by Gasteiger charge is -2.26. The van der Waals surface area contributed by atoms with E-state index in [1.807, 2.05) is 0 Å². The molecular weight excluding hydrogens is 230 g/mol. The quantitative estimate of drug-likeness (QED) is 0.684. The zero-order valence-corrected chi connectivity index (χ0v) is 7.30. The van der Waals surface area contributed by atoms with E-state index in [2.05, 4.69) is 0 Å². The average molecular weight is 234 g/mol. The number of hydrogen-bond donors (Lipinski definition) is 0. The molecule has 0 nitrogen and oxygen atoms in total. The summed E-state index contributed by atoms with van der Waals surface area (Å²) in [5.41, 5.74) is -5.61. The molecule has 80 valence electrons. The van der Waals surface area contributed by atoms with Gasteiger partial charge in [-0.15, -0.1) is 0 Å². The third-order valence-corrected chi connectivity index (χ3v) is 2.34. The summed E-state index contributed by atoms with van der Waals surface area (Å²) in [4.78, 5) is 0. The molecule has 0 saturated carbocycles. The minimum atomic E-state index is -5.61. The SMILES string of the molecule is FC(F)C(F)(c1ccsc1)C(F)(F)F. The first kappa shape index (κ1) is 11.4. The molecule has 0 saturated heterocycles. The van der Waals surface area contributed by atoms with Crippen LogP contribution in [-0.4, -0.2) is 12.6 Å². The maximum Gasteiger partial charge on any atom is 0.432 e. The molecule has 0 aromatic carbocycles. The summed E-state index contributed by atoms with van der Waals surface area (Å²) >= 11 is 0.727. The predicted molar refractivity (Wildman–Crippen MR) is 39.2 cm³/mol. The highest BCUT2D eigenvalue weighted by molar-refractivity contribution is 7.08. The Bertz CT molecular complexity index is 290. The Morgan fingerprint density at radius 1 is 1.14 bits per heavy atom. The van der Waals surface area contributed by atoms with Gasteiger partial charge in [0.1, 0.15) is 0 Å². The maximum atomic E-state index is 13.1. The zero-order valence-electron chi connectivity index (χ0n) is 6.49. The van der Waals surface area contributed by atoms with Gasteiger partial charge in [-0.2, -0.15) is 24.5 Å². The third-order valence-electron chi connectivity index (χ3n) is 1.65. The van der Waals surface area contributed by atoms with Crippen molar-refractivity contribution in [3.63, 3.8) is 0 Å². The summed E-state index contributed by atoms with van der Waals surface area (Å²) in [6.45, 7) is 0. The van der Waals surface area contributed by atoms with Gasteiger partial charge in [-0.3, -0.25) is 0 Å². The fraction of sp³-hybridized carbons (Fsp3) is 0.429. The van der Waals surface area contributed by atoms with Crippen LogP contribution in [0.1, 0.15) is 5.56 Å². The van der Waals surface area contributed by atoms with Crippen LogP contribution >= 0.6 is 11.3 Å². The van der Waals surface area contributed by atoms with E-state index in [0.29, 0.717) is 6.07 Å². The van der Waals surface area contributed by atoms with E-state index in [9.17, 15) is 26.3 Å². The normalized spacial score (nSPS) is 17.1. The molecule has 0 aliphatic heterocycles. The molecule has 14 heavy (non-hydrogen) atoms. The Balaban J connectivity index is 3.20. The van der Waals surface area contributed by atoms with E-state index in [1.165, 1.54) is 0 Å². The van der Waals surface area contributed by atoms with Crippen LogP contribution in [0.2, 0.25) is 0 Å². The smallest absolute Gasteiger partial charge is 0.222 e. The molecule has 0 N–H and O–H groups in total. The molecule has 1 unspecified atom stereocenters. The lowest BCUT2D eigenvalue weighted by molar-refractivity contribution is -0.274. The molecule has 0 fully saturated rings. The van der Waals surface area contributed by atoms with Gasteiger partial charge in [0.15, 0.2) is 0 Å². The molecule has 0 aliphatic carbocycles. The van der Waals surface area contributed by atoms with Crippen LogP contribution in [-0.2, 0) is 5.67 Å². The molecule has 1 aromatic heterocycles. The van der Waals surface area contributed by atoms with Crippen molar-refractivity contribution >= 4 is 11.3 Å². The molecule has 0 aliphatic rings. The van der Waals surface area contributed by atoms with E-state index in [-0.39, 0.29) is 0 Å². The standard InChI is InChI=1S/C7H4F6S/c8-5(9)6(10,7(11,12)13)4-1-2-14-3-4/h1-3,5H. The van der Waals surface area contributed by atoms with Gasteiger partial charge in [0.2, 0.25) is 0 Å². The van der Waals surface area contributed by atoms with Crippen LogP contribution in [0, 0.1) is 0 Å². The van der Waals surface area contributed by atoms with Crippen molar-refractivity contribution in [1.82, 2.24) is 0 Å². The van der Waals surface area contributed by atoms with E-state index < -0.39 is 23.8 Å². The van der Waals surface area contributed by atoms with Gasteiger partial charge >= 0.3 is 6.18 Å². The predicted octanol–water partition coefficient (Wildman–Crippen LogP) is 3.74. The third kappa shape index (κ3) is 1.60.